The average molecular weight is 248 g/mol. The summed E-state index contributed by atoms with van der Waals surface area (Å²) in [4.78, 5) is 19.8. The van der Waals surface area contributed by atoms with Crippen LogP contribution in [0.1, 0.15) is 81.3 Å². The van der Waals surface area contributed by atoms with Gasteiger partial charge in [0.25, 0.3) is 5.56 Å². The van der Waals surface area contributed by atoms with Crippen LogP contribution in [0, 0.1) is 6.92 Å². The second-order valence-electron chi connectivity index (χ2n) is 5.79. The Balaban J connectivity index is 2.32. The van der Waals surface area contributed by atoms with Gasteiger partial charge in [0.2, 0.25) is 0 Å². The predicted molar refractivity (Wildman–Crippen MR) is 74.1 cm³/mol. The van der Waals surface area contributed by atoms with Crippen LogP contribution in [-0.2, 0) is 0 Å². The molecule has 1 aliphatic carbocycles. The first-order chi connectivity index (χ1) is 8.59. The molecule has 100 valence electrons. The van der Waals surface area contributed by atoms with Gasteiger partial charge in [-0.05, 0) is 25.7 Å². The maximum Gasteiger partial charge on any atom is 0.254 e. The SMILES string of the molecule is Cc1nc(C2CCCCCC2)[nH]c(=O)c1C(C)C. The lowest BCUT2D eigenvalue weighted by molar-refractivity contribution is 0.554. The zero-order chi connectivity index (χ0) is 13.1. The Labute approximate surface area is 109 Å². The van der Waals surface area contributed by atoms with Crippen molar-refractivity contribution in [3.63, 3.8) is 0 Å². The van der Waals surface area contributed by atoms with Gasteiger partial charge in [0.05, 0.1) is 0 Å². The second kappa shape index (κ2) is 5.68. The predicted octanol–water partition coefficient (Wildman–Crippen LogP) is 3.64. The van der Waals surface area contributed by atoms with Gasteiger partial charge in [-0.1, -0.05) is 39.5 Å². The quantitative estimate of drug-likeness (QED) is 0.812. The number of hydrogen-bond acceptors (Lipinski definition) is 2. The fourth-order valence-corrected chi connectivity index (χ4v) is 3.04. The van der Waals surface area contributed by atoms with E-state index in [1.807, 2.05) is 20.8 Å². The first-order valence-corrected chi connectivity index (χ1v) is 7.20. The molecule has 3 nitrogen and oxygen atoms in total. The van der Waals surface area contributed by atoms with Crippen LogP contribution in [0.25, 0.3) is 0 Å². The molecule has 0 radical (unpaired) electrons. The standard InChI is InChI=1S/C15H24N2O/c1-10(2)13-11(3)16-14(17-15(13)18)12-8-6-4-5-7-9-12/h10,12H,4-9H2,1-3H3,(H,16,17,18). The van der Waals surface area contributed by atoms with Crippen molar-refractivity contribution in [3.05, 3.63) is 27.4 Å². The van der Waals surface area contributed by atoms with Crippen molar-refractivity contribution < 1.29 is 0 Å². The van der Waals surface area contributed by atoms with Crippen molar-refractivity contribution in [1.29, 1.82) is 0 Å². The van der Waals surface area contributed by atoms with Gasteiger partial charge in [0, 0.05) is 17.2 Å². The third-order valence-corrected chi connectivity index (χ3v) is 3.98. The van der Waals surface area contributed by atoms with Gasteiger partial charge >= 0.3 is 0 Å². The van der Waals surface area contributed by atoms with Gasteiger partial charge in [-0.2, -0.15) is 0 Å². The molecule has 1 aliphatic rings. The van der Waals surface area contributed by atoms with Crippen LogP contribution < -0.4 is 5.56 Å². The Hall–Kier alpha value is -1.12. The van der Waals surface area contributed by atoms with Gasteiger partial charge in [-0.25, -0.2) is 4.98 Å². The molecule has 0 saturated heterocycles. The summed E-state index contributed by atoms with van der Waals surface area (Å²) in [5.74, 6) is 1.62. The van der Waals surface area contributed by atoms with E-state index in [-0.39, 0.29) is 11.5 Å². The van der Waals surface area contributed by atoms with E-state index in [0.29, 0.717) is 5.92 Å². The van der Waals surface area contributed by atoms with Crippen molar-refractivity contribution in [2.75, 3.05) is 0 Å². The molecule has 0 aromatic carbocycles. The number of nitrogens with zero attached hydrogens (tertiary/aromatic N) is 1. The van der Waals surface area contributed by atoms with Gasteiger partial charge in [0.15, 0.2) is 0 Å². The van der Waals surface area contributed by atoms with E-state index in [2.05, 4.69) is 9.97 Å². The van der Waals surface area contributed by atoms with Gasteiger partial charge in [0.1, 0.15) is 5.82 Å². The van der Waals surface area contributed by atoms with E-state index >= 15 is 0 Å². The number of aromatic nitrogens is 2. The fraction of sp³-hybridized carbons (Fsp3) is 0.733. The van der Waals surface area contributed by atoms with Gasteiger partial charge < -0.3 is 4.98 Å². The maximum absolute atomic E-state index is 12.1. The molecule has 0 unspecified atom stereocenters. The number of rotatable bonds is 2. The summed E-state index contributed by atoms with van der Waals surface area (Å²) >= 11 is 0. The summed E-state index contributed by atoms with van der Waals surface area (Å²) in [6.45, 7) is 6.06. The van der Waals surface area contributed by atoms with E-state index in [1.165, 1.54) is 38.5 Å². The highest BCUT2D eigenvalue weighted by molar-refractivity contribution is 5.21. The number of H-pyrrole nitrogens is 1. The molecule has 1 fully saturated rings. The minimum Gasteiger partial charge on any atom is -0.310 e. The molecule has 1 saturated carbocycles. The zero-order valence-corrected chi connectivity index (χ0v) is 11.8. The largest absolute Gasteiger partial charge is 0.310 e. The summed E-state index contributed by atoms with van der Waals surface area (Å²) in [6.07, 6.45) is 7.51. The highest BCUT2D eigenvalue weighted by Gasteiger charge is 2.19. The molecular weight excluding hydrogens is 224 g/mol. The summed E-state index contributed by atoms with van der Waals surface area (Å²) in [5, 5.41) is 0. The molecule has 0 bridgehead atoms. The van der Waals surface area contributed by atoms with E-state index < -0.39 is 0 Å². The Morgan fingerprint density at radius 1 is 1.17 bits per heavy atom. The first kappa shape index (κ1) is 13.3. The van der Waals surface area contributed by atoms with E-state index in [4.69, 9.17) is 0 Å². The van der Waals surface area contributed by atoms with Gasteiger partial charge in [-0.15, -0.1) is 0 Å². The topological polar surface area (TPSA) is 45.8 Å². The average Bonchev–Trinajstić information content (AvgIpc) is 2.55. The monoisotopic (exact) mass is 248 g/mol. The van der Waals surface area contributed by atoms with Crippen LogP contribution in [-0.4, -0.2) is 9.97 Å². The van der Waals surface area contributed by atoms with Crippen LogP contribution >= 0.6 is 0 Å². The molecule has 0 atom stereocenters. The lowest BCUT2D eigenvalue weighted by Crippen LogP contribution is -2.21. The van der Waals surface area contributed by atoms with Crippen molar-refractivity contribution in [3.8, 4) is 0 Å². The molecule has 0 amide bonds. The number of aromatic amines is 1. The minimum absolute atomic E-state index is 0.0664. The fourth-order valence-electron chi connectivity index (χ4n) is 3.04. The van der Waals surface area contributed by atoms with E-state index in [0.717, 1.165) is 17.1 Å². The van der Waals surface area contributed by atoms with Crippen molar-refractivity contribution >= 4 is 0 Å². The van der Waals surface area contributed by atoms with Crippen LogP contribution in [0.2, 0.25) is 0 Å². The molecule has 2 rings (SSSR count). The smallest absolute Gasteiger partial charge is 0.254 e. The molecule has 1 aromatic rings. The highest BCUT2D eigenvalue weighted by Crippen LogP contribution is 2.29. The van der Waals surface area contributed by atoms with Crippen LogP contribution in [0.4, 0.5) is 0 Å². The van der Waals surface area contributed by atoms with Crippen LogP contribution in [0.15, 0.2) is 4.79 Å². The number of nitrogens with one attached hydrogen (secondary N) is 1. The molecule has 1 N–H and O–H groups in total. The first-order valence-electron chi connectivity index (χ1n) is 7.20. The summed E-state index contributed by atoms with van der Waals surface area (Å²) in [7, 11) is 0. The maximum atomic E-state index is 12.1. The van der Waals surface area contributed by atoms with E-state index in [1.54, 1.807) is 0 Å². The van der Waals surface area contributed by atoms with Crippen LogP contribution in [0.5, 0.6) is 0 Å². The molecule has 3 heteroatoms. The lowest BCUT2D eigenvalue weighted by atomic mass is 9.98. The van der Waals surface area contributed by atoms with Crippen molar-refractivity contribution in [2.24, 2.45) is 0 Å². The molecular formula is C15H24N2O. The lowest BCUT2D eigenvalue weighted by Gasteiger charge is -2.16. The Kier molecular flexibility index (Phi) is 4.20. The summed E-state index contributed by atoms with van der Waals surface area (Å²) in [6, 6.07) is 0. The Bertz CT molecular complexity index is 454. The summed E-state index contributed by atoms with van der Waals surface area (Å²) in [5.41, 5.74) is 1.82. The molecule has 0 aliphatic heterocycles. The third kappa shape index (κ3) is 2.82. The Morgan fingerprint density at radius 3 is 2.28 bits per heavy atom. The van der Waals surface area contributed by atoms with Gasteiger partial charge in [-0.3, -0.25) is 4.79 Å². The third-order valence-electron chi connectivity index (χ3n) is 3.98. The number of hydrogen-bond donors (Lipinski definition) is 1. The van der Waals surface area contributed by atoms with E-state index in [9.17, 15) is 4.79 Å². The normalized spacial score (nSPS) is 18.0. The molecule has 1 heterocycles. The second-order valence-corrected chi connectivity index (χ2v) is 5.79. The summed E-state index contributed by atoms with van der Waals surface area (Å²) < 4.78 is 0. The van der Waals surface area contributed by atoms with Crippen molar-refractivity contribution in [1.82, 2.24) is 9.97 Å². The minimum atomic E-state index is 0.0664. The molecule has 18 heavy (non-hydrogen) atoms. The van der Waals surface area contributed by atoms with Crippen molar-refractivity contribution in [2.45, 2.75) is 71.1 Å². The number of aryl methyl sites for hydroxylation is 1. The Morgan fingerprint density at radius 2 is 1.78 bits per heavy atom. The highest BCUT2D eigenvalue weighted by atomic mass is 16.1. The molecule has 0 spiro atoms. The van der Waals surface area contributed by atoms with Crippen LogP contribution in [0.3, 0.4) is 0 Å². The zero-order valence-electron chi connectivity index (χ0n) is 11.8. The molecule has 1 aromatic heterocycles.